The summed E-state index contributed by atoms with van der Waals surface area (Å²) in [5, 5.41) is 11.3. The molecule has 0 spiro atoms. The first-order chi connectivity index (χ1) is 16.2. The number of ketones is 1. The van der Waals surface area contributed by atoms with Crippen molar-refractivity contribution in [2.75, 3.05) is 0 Å². The number of Topliss-reactive ketones (excluding diaryl/α,β-unsaturated/α-hetero) is 1. The Morgan fingerprint density at radius 2 is 1.69 bits per heavy atom. The highest BCUT2D eigenvalue weighted by molar-refractivity contribution is 6.43. The van der Waals surface area contributed by atoms with Gasteiger partial charge in [-0.05, 0) is 63.1 Å². The van der Waals surface area contributed by atoms with E-state index in [1.54, 1.807) is 13.0 Å². The molecule has 0 amide bonds. The molecule has 0 radical (unpaired) electrons. The van der Waals surface area contributed by atoms with E-state index in [1.165, 1.54) is 32.0 Å². The number of oxazole rings is 1. The van der Waals surface area contributed by atoms with E-state index < -0.39 is 29.1 Å². The van der Waals surface area contributed by atoms with Gasteiger partial charge in [-0.25, -0.2) is 4.98 Å². The maximum Gasteiger partial charge on any atom is 0.416 e. The van der Waals surface area contributed by atoms with E-state index in [4.69, 9.17) is 32.4 Å². The minimum atomic E-state index is -4.47. The summed E-state index contributed by atoms with van der Waals surface area (Å²) in [5.41, 5.74) is -1.34. The van der Waals surface area contributed by atoms with E-state index in [-0.39, 0.29) is 40.3 Å². The van der Waals surface area contributed by atoms with Crippen LogP contribution in [-0.2, 0) is 17.4 Å². The van der Waals surface area contributed by atoms with Crippen LogP contribution in [0.15, 0.2) is 40.8 Å². The van der Waals surface area contributed by atoms with E-state index in [0.29, 0.717) is 16.8 Å². The molecule has 0 saturated carbocycles. The second kappa shape index (κ2) is 9.91. The molecule has 1 heterocycles. The molecule has 6 nitrogen and oxygen atoms in total. The van der Waals surface area contributed by atoms with Crippen molar-refractivity contribution in [1.82, 2.24) is 4.98 Å². The van der Waals surface area contributed by atoms with Crippen LogP contribution in [0.3, 0.4) is 0 Å². The zero-order valence-corrected chi connectivity index (χ0v) is 20.3. The lowest BCUT2D eigenvalue weighted by Gasteiger charge is -2.28. The van der Waals surface area contributed by atoms with Gasteiger partial charge in [-0.3, -0.25) is 4.79 Å². The number of carbonyl (C=O) groups is 2. The number of aliphatic carboxylic acids is 1. The Balaban J connectivity index is 1.73. The third-order valence-electron chi connectivity index (χ3n) is 5.11. The summed E-state index contributed by atoms with van der Waals surface area (Å²) >= 11 is 12.5. The first-order valence-electron chi connectivity index (χ1n) is 10.3. The molecule has 0 fully saturated rings. The summed E-state index contributed by atoms with van der Waals surface area (Å²) < 4.78 is 49.2. The molecule has 2 aromatic carbocycles. The molecule has 3 aromatic rings. The number of carboxylic acid groups (broad SMARTS) is 1. The second-order valence-corrected chi connectivity index (χ2v) is 8.94. The first kappa shape index (κ1) is 26.6. The van der Waals surface area contributed by atoms with E-state index in [0.717, 1.165) is 12.1 Å². The number of halogens is 5. The van der Waals surface area contributed by atoms with Gasteiger partial charge >= 0.3 is 6.18 Å². The van der Waals surface area contributed by atoms with Crippen molar-refractivity contribution in [3.05, 3.63) is 69.0 Å². The Labute approximate surface area is 208 Å². The van der Waals surface area contributed by atoms with Gasteiger partial charge in [0.25, 0.3) is 0 Å². The second-order valence-electron chi connectivity index (χ2n) is 8.18. The van der Waals surface area contributed by atoms with Crippen molar-refractivity contribution in [2.24, 2.45) is 0 Å². The highest BCUT2D eigenvalue weighted by atomic mass is 35.5. The maximum atomic E-state index is 12.8. The molecule has 186 valence electrons. The number of hydrogen-bond acceptors (Lipinski definition) is 6. The van der Waals surface area contributed by atoms with Crippen molar-refractivity contribution >= 4 is 35.0 Å². The van der Waals surface area contributed by atoms with Gasteiger partial charge < -0.3 is 19.1 Å². The largest absolute Gasteiger partial charge is 0.546 e. The molecule has 3 rings (SSSR count). The Hall–Kier alpha value is -3.04. The minimum Gasteiger partial charge on any atom is -0.546 e. The third kappa shape index (κ3) is 5.97. The van der Waals surface area contributed by atoms with Gasteiger partial charge in [-0.15, -0.1) is 0 Å². The number of benzene rings is 2. The Morgan fingerprint density at radius 3 is 2.26 bits per heavy atom. The van der Waals surface area contributed by atoms with Crippen LogP contribution in [0, 0.1) is 6.92 Å². The fourth-order valence-electron chi connectivity index (χ4n) is 3.10. The van der Waals surface area contributed by atoms with Crippen molar-refractivity contribution < 1.29 is 37.0 Å². The molecule has 0 aliphatic rings. The number of nitrogens with zero attached hydrogens (tertiary/aromatic N) is 1. The minimum absolute atomic E-state index is 0.00798. The summed E-state index contributed by atoms with van der Waals surface area (Å²) in [6.45, 7) is 4.16. The number of carbonyl (C=O) groups excluding carboxylic acids is 2. The summed E-state index contributed by atoms with van der Waals surface area (Å²) in [6.07, 6.45) is -4.31. The molecular weight excluding hydrogens is 510 g/mol. The summed E-state index contributed by atoms with van der Waals surface area (Å²) in [4.78, 5) is 28.1. The average Bonchev–Trinajstić information content (AvgIpc) is 3.17. The van der Waals surface area contributed by atoms with Crippen LogP contribution in [0.4, 0.5) is 13.2 Å². The Bertz CT molecular complexity index is 1270. The number of rotatable bonds is 8. The fourth-order valence-corrected chi connectivity index (χ4v) is 3.58. The predicted molar refractivity (Wildman–Crippen MR) is 121 cm³/mol. The lowest BCUT2D eigenvalue weighted by atomic mass is 10.1. The van der Waals surface area contributed by atoms with Crippen LogP contribution in [0.25, 0.3) is 11.5 Å². The zero-order valence-electron chi connectivity index (χ0n) is 18.8. The quantitative estimate of drug-likeness (QED) is 0.348. The molecule has 35 heavy (non-hydrogen) atoms. The highest BCUT2D eigenvalue weighted by Gasteiger charge is 2.30. The summed E-state index contributed by atoms with van der Waals surface area (Å²) in [7, 11) is 0. The van der Waals surface area contributed by atoms with E-state index in [1.807, 2.05) is 0 Å². The third-order valence-corrected chi connectivity index (χ3v) is 6.02. The number of ether oxygens (including phenoxy) is 1. The van der Waals surface area contributed by atoms with Crippen LogP contribution >= 0.6 is 23.2 Å². The molecule has 0 aliphatic carbocycles. The highest BCUT2D eigenvalue weighted by Crippen LogP contribution is 2.37. The van der Waals surface area contributed by atoms with Crippen molar-refractivity contribution in [3.63, 3.8) is 0 Å². The summed E-state index contributed by atoms with van der Waals surface area (Å²) in [5.74, 6) is -1.76. The number of hydrogen-bond donors (Lipinski definition) is 0. The molecule has 0 saturated heterocycles. The van der Waals surface area contributed by atoms with E-state index in [9.17, 15) is 27.9 Å². The zero-order chi connectivity index (χ0) is 26.1. The number of aromatic nitrogens is 1. The summed E-state index contributed by atoms with van der Waals surface area (Å²) in [6, 6.07) is 7.25. The van der Waals surface area contributed by atoms with Gasteiger partial charge in [-0.1, -0.05) is 29.3 Å². The van der Waals surface area contributed by atoms with Crippen LogP contribution in [0.5, 0.6) is 5.75 Å². The normalized spacial score (nSPS) is 12.0. The lowest BCUT2D eigenvalue weighted by Crippen LogP contribution is -2.48. The Morgan fingerprint density at radius 1 is 1.06 bits per heavy atom. The van der Waals surface area contributed by atoms with Crippen LogP contribution in [0.1, 0.15) is 47.6 Å². The van der Waals surface area contributed by atoms with Crippen molar-refractivity contribution in [3.8, 4) is 17.2 Å². The van der Waals surface area contributed by atoms with Gasteiger partial charge in [-0.2, -0.15) is 13.2 Å². The number of carboxylic acids is 1. The van der Waals surface area contributed by atoms with Gasteiger partial charge in [0, 0.05) is 12.0 Å². The molecule has 0 bridgehead atoms. The molecule has 0 unspecified atom stereocenters. The molecule has 0 aliphatic heterocycles. The van der Waals surface area contributed by atoms with Crippen molar-refractivity contribution in [1.29, 1.82) is 0 Å². The number of aryl methyl sites for hydroxylation is 2. The molecular formula is C24H19Cl2F3NO5-. The van der Waals surface area contributed by atoms with Gasteiger partial charge in [0.15, 0.2) is 11.5 Å². The van der Waals surface area contributed by atoms with E-state index in [2.05, 4.69) is 4.98 Å². The molecule has 0 atom stereocenters. The average molecular weight is 529 g/mol. The predicted octanol–water partition coefficient (Wildman–Crippen LogP) is 5.70. The monoisotopic (exact) mass is 528 g/mol. The van der Waals surface area contributed by atoms with E-state index >= 15 is 0 Å². The van der Waals surface area contributed by atoms with Crippen LogP contribution in [-0.4, -0.2) is 22.3 Å². The topological polar surface area (TPSA) is 92.5 Å². The smallest absolute Gasteiger partial charge is 0.416 e. The SMILES string of the molecule is Cc1nc(-c2ccc(C(F)(F)F)cc2)oc1C(=O)CCc1ccc(OC(C)(C)C(=O)[O-])c(Cl)c1Cl. The maximum absolute atomic E-state index is 12.8. The van der Waals surface area contributed by atoms with Gasteiger partial charge in [0.05, 0.1) is 22.2 Å². The first-order valence-corrected chi connectivity index (χ1v) is 11.0. The molecule has 1 aromatic heterocycles. The molecule has 0 N–H and O–H groups in total. The standard InChI is InChI=1S/C24H20Cl2F3NO5/c1-12-20(34-21(30-12)14-4-8-15(9-5-14)24(27,28)29)16(31)10-6-13-7-11-17(19(26)18(13)25)35-23(2,3)22(32)33/h4-5,7-9,11H,6,10H2,1-3H3,(H,32,33)/p-1. The lowest BCUT2D eigenvalue weighted by molar-refractivity contribution is -0.320. The van der Waals surface area contributed by atoms with Crippen molar-refractivity contribution in [2.45, 2.75) is 45.4 Å². The fraction of sp³-hybridized carbons (Fsp3) is 0.292. The van der Waals surface area contributed by atoms with Crippen LogP contribution < -0.4 is 9.84 Å². The number of alkyl halides is 3. The van der Waals surface area contributed by atoms with Gasteiger partial charge in [0.2, 0.25) is 5.89 Å². The molecule has 11 heteroatoms. The van der Waals surface area contributed by atoms with Crippen LogP contribution in [0.2, 0.25) is 10.0 Å². The Kier molecular flexibility index (Phi) is 7.52. The van der Waals surface area contributed by atoms with Gasteiger partial charge in [0.1, 0.15) is 16.4 Å².